The minimum atomic E-state index is -0.0182. The summed E-state index contributed by atoms with van der Waals surface area (Å²) < 4.78 is 5.27. The maximum atomic E-state index is 12.8. The van der Waals surface area contributed by atoms with Gasteiger partial charge in [-0.05, 0) is 25.5 Å². The van der Waals surface area contributed by atoms with Crippen LogP contribution in [0, 0.1) is 6.92 Å². The van der Waals surface area contributed by atoms with Crippen LogP contribution in [0.15, 0.2) is 23.7 Å². The number of ether oxygens (including phenoxy) is 1. The first-order valence-electron chi connectivity index (χ1n) is 7.64. The molecule has 3 heterocycles. The van der Waals surface area contributed by atoms with Crippen LogP contribution in [0.4, 0.5) is 5.13 Å². The molecular weight excluding hydrogens is 312 g/mol. The van der Waals surface area contributed by atoms with Gasteiger partial charge in [0.15, 0.2) is 5.13 Å². The van der Waals surface area contributed by atoms with E-state index in [0.717, 1.165) is 36.9 Å². The van der Waals surface area contributed by atoms with E-state index in [2.05, 4.69) is 14.9 Å². The van der Waals surface area contributed by atoms with Crippen LogP contribution in [0.25, 0.3) is 0 Å². The van der Waals surface area contributed by atoms with E-state index in [1.165, 1.54) is 0 Å². The van der Waals surface area contributed by atoms with Crippen molar-refractivity contribution in [1.82, 2.24) is 14.9 Å². The number of hydrogen-bond acceptors (Lipinski definition) is 6. The van der Waals surface area contributed by atoms with E-state index in [-0.39, 0.29) is 5.91 Å². The van der Waals surface area contributed by atoms with Gasteiger partial charge in [0.2, 0.25) is 5.88 Å². The Morgan fingerprint density at radius 1 is 1.26 bits per heavy atom. The highest BCUT2D eigenvalue weighted by Crippen LogP contribution is 2.22. The monoisotopic (exact) mass is 332 g/mol. The average Bonchev–Trinajstić information content (AvgIpc) is 2.99. The molecule has 1 fully saturated rings. The van der Waals surface area contributed by atoms with Gasteiger partial charge in [-0.2, -0.15) is 0 Å². The van der Waals surface area contributed by atoms with Gasteiger partial charge < -0.3 is 14.5 Å². The molecule has 2 aromatic rings. The summed E-state index contributed by atoms with van der Waals surface area (Å²) in [6, 6.07) is 3.64. The van der Waals surface area contributed by atoms with E-state index < -0.39 is 0 Å². The highest BCUT2D eigenvalue weighted by molar-refractivity contribution is 7.13. The number of hydrogen-bond donors (Lipinski definition) is 0. The summed E-state index contributed by atoms with van der Waals surface area (Å²) in [6.45, 7) is 5.00. The van der Waals surface area contributed by atoms with E-state index >= 15 is 0 Å². The van der Waals surface area contributed by atoms with Crippen molar-refractivity contribution in [2.75, 3.05) is 38.2 Å². The second-order valence-corrected chi connectivity index (χ2v) is 6.33. The van der Waals surface area contributed by atoms with Gasteiger partial charge in [-0.15, -0.1) is 11.3 Å². The SMILES string of the molecule is COc1nc(C)ccc1C(=O)N1CCCN(c2nccs2)CC1. The summed E-state index contributed by atoms with van der Waals surface area (Å²) >= 11 is 1.63. The fraction of sp³-hybridized carbons (Fsp3) is 0.438. The number of pyridine rings is 1. The number of amides is 1. The molecule has 0 radical (unpaired) electrons. The summed E-state index contributed by atoms with van der Waals surface area (Å²) in [5.74, 6) is 0.381. The molecule has 7 heteroatoms. The van der Waals surface area contributed by atoms with Crippen molar-refractivity contribution < 1.29 is 9.53 Å². The molecule has 3 rings (SSSR count). The maximum Gasteiger partial charge on any atom is 0.259 e. The molecule has 0 unspecified atom stereocenters. The van der Waals surface area contributed by atoms with Crippen LogP contribution in [0.3, 0.4) is 0 Å². The summed E-state index contributed by atoms with van der Waals surface area (Å²) in [5, 5.41) is 3.00. The van der Waals surface area contributed by atoms with Gasteiger partial charge in [-0.1, -0.05) is 0 Å². The Balaban J connectivity index is 1.73. The molecule has 0 aromatic carbocycles. The Labute approximate surface area is 139 Å². The van der Waals surface area contributed by atoms with Crippen molar-refractivity contribution in [2.24, 2.45) is 0 Å². The number of thiazole rings is 1. The molecule has 23 heavy (non-hydrogen) atoms. The van der Waals surface area contributed by atoms with E-state index in [9.17, 15) is 4.79 Å². The van der Waals surface area contributed by atoms with Gasteiger partial charge in [0.1, 0.15) is 5.56 Å². The predicted octanol–water partition coefficient (Wildman–Crippen LogP) is 2.21. The fourth-order valence-corrected chi connectivity index (χ4v) is 3.40. The standard InChI is InChI=1S/C16H20N4O2S/c1-12-4-5-13(14(18-12)22-2)15(21)19-7-3-8-20(10-9-19)16-17-6-11-23-16/h4-6,11H,3,7-10H2,1-2H3. The largest absolute Gasteiger partial charge is 0.480 e. The number of aromatic nitrogens is 2. The van der Waals surface area contributed by atoms with E-state index in [1.54, 1.807) is 24.5 Å². The molecular formula is C16H20N4O2S. The molecule has 0 atom stereocenters. The maximum absolute atomic E-state index is 12.8. The average molecular weight is 332 g/mol. The minimum Gasteiger partial charge on any atom is -0.480 e. The Hall–Kier alpha value is -2.15. The van der Waals surface area contributed by atoms with Gasteiger partial charge >= 0.3 is 0 Å². The van der Waals surface area contributed by atoms with Gasteiger partial charge in [0, 0.05) is 43.4 Å². The van der Waals surface area contributed by atoms with E-state index in [1.807, 2.05) is 29.5 Å². The summed E-state index contributed by atoms with van der Waals surface area (Å²) in [4.78, 5) is 25.6. The molecule has 0 spiro atoms. The fourth-order valence-electron chi connectivity index (χ4n) is 2.71. The lowest BCUT2D eigenvalue weighted by Crippen LogP contribution is -2.35. The lowest BCUT2D eigenvalue weighted by molar-refractivity contribution is 0.0762. The first kappa shape index (κ1) is 15.7. The van der Waals surface area contributed by atoms with Crippen LogP contribution in [0.5, 0.6) is 5.88 Å². The third kappa shape index (κ3) is 3.44. The quantitative estimate of drug-likeness (QED) is 0.862. The lowest BCUT2D eigenvalue weighted by atomic mass is 10.2. The molecule has 1 amide bonds. The molecule has 0 N–H and O–H groups in total. The number of carbonyl (C=O) groups excluding carboxylic acids is 1. The van der Waals surface area contributed by atoms with Gasteiger partial charge in [-0.25, -0.2) is 9.97 Å². The van der Waals surface area contributed by atoms with Gasteiger partial charge in [-0.3, -0.25) is 4.79 Å². The summed E-state index contributed by atoms with van der Waals surface area (Å²) in [7, 11) is 1.55. The van der Waals surface area contributed by atoms with E-state index in [4.69, 9.17) is 4.74 Å². The first-order valence-corrected chi connectivity index (χ1v) is 8.52. The number of nitrogens with zero attached hydrogens (tertiary/aromatic N) is 4. The second kappa shape index (κ2) is 6.95. The molecule has 0 bridgehead atoms. The van der Waals surface area contributed by atoms with Crippen molar-refractivity contribution >= 4 is 22.4 Å². The summed E-state index contributed by atoms with van der Waals surface area (Å²) in [6.07, 6.45) is 2.74. The molecule has 0 saturated carbocycles. The minimum absolute atomic E-state index is 0.0182. The van der Waals surface area contributed by atoms with Gasteiger partial charge in [0.05, 0.1) is 7.11 Å². The zero-order valence-electron chi connectivity index (χ0n) is 13.4. The van der Waals surface area contributed by atoms with Crippen LogP contribution in [0.1, 0.15) is 22.5 Å². The van der Waals surface area contributed by atoms with Crippen molar-refractivity contribution in [1.29, 1.82) is 0 Å². The van der Waals surface area contributed by atoms with E-state index in [0.29, 0.717) is 18.0 Å². The number of carbonyl (C=O) groups is 1. The summed E-state index contributed by atoms with van der Waals surface area (Å²) in [5.41, 5.74) is 1.37. The van der Waals surface area contributed by atoms with Crippen molar-refractivity contribution in [3.05, 3.63) is 35.0 Å². The number of anilines is 1. The van der Waals surface area contributed by atoms with Gasteiger partial charge in [0.25, 0.3) is 5.91 Å². The van der Waals surface area contributed by atoms with Crippen LogP contribution in [0.2, 0.25) is 0 Å². The molecule has 6 nitrogen and oxygen atoms in total. The molecule has 1 aliphatic heterocycles. The third-order valence-corrected chi connectivity index (χ3v) is 4.73. The molecule has 2 aromatic heterocycles. The van der Waals surface area contributed by atoms with Crippen molar-refractivity contribution in [2.45, 2.75) is 13.3 Å². The number of methoxy groups -OCH3 is 1. The predicted molar refractivity (Wildman–Crippen MR) is 90.4 cm³/mol. The highest BCUT2D eigenvalue weighted by atomic mass is 32.1. The van der Waals surface area contributed by atoms with Crippen LogP contribution in [-0.4, -0.2) is 54.1 Å². The zero-order chi connectivity index (χ0) is 16.2. The third-order valence-electron chi connectivity index (χ3n) is 3.90. The number of aryl methyl sites for hydroxylation is 1. The zero-order valence-corrected chi connectivity index (χ0v) is 14.2. The van der Waals surface area contributed by atoms with Crippen molar-refractivity contribution in [3.63, 3.8) is 0 Å². The normalized spacial score (nSPS) is 15.4. The van der Waals surface area contributed by atoms with Crippen molar-refractivity contribution in [3.8, 4) is 5.88 Å². The Bertz CT molecular complexity index is 675. The smallest absolute Gasteiger partial charge is 0.259 e. The van der Waals surface area contributed by atoms with Crippen LogP contribution < -0.4 is 9.64 Å². The molecule has 1 saturated heterocycles. The lowest BCUT2D eigenvalue weighted by Gasteiger charge is -2.22. The molecule has 0 aliphatic carbocycles. The topological polar surface area (TPSA) is 58.6 Å². The molecule has 122 valence electrons. The Morgan fingerprint density at radius 3 is 2.87 bits per heavy atom. The molecule has 1 aliphatic rings. The Morgan fingerprint density at radius 2 is 2.13 bits per heavy atom. The second-order valence-electron chi connectivity index (χ2n) is 5.46. The van der Waals surface area contributed by atoms with Crippen LogP contribution >= 0.6 is 11.3 Å². The first-order chi connectivity index (χ1) is 11.2. The Kier molecular flexibility index (Phi) is 4.76. The number of rotatable bonds is 3. The van der Waals surface area contributed by atoms with Crippen LogP contribution in [-0.2, 0) is 0 Å². The highest BCUT2D eigenvalue weighted by Gasteiger charge is 2.24.